The van der Waals surface area contributed by atoms with Crippen LogP contribution in [0, 0.1) is 0 Å². The van der Waals surface area contributed by atoms with Crippen LogP contribution in [0.2, 0.25) is 0 Å². The van der Waals surface area contributed by atoms with E-state index in [1.165, 1.54) is 17.5 Å². The van der Waals surface area contributed by atoms with E-state index in [1.807, 2.05) is 12.1 Å². The summed E-state index contributed by atoms with van der Waals surface area (Å²) in [6.07, 6.45) is 10.2. The lowest BCUT2D eigenvalue weighted by Crippen LogP contribution is -2.23. The van der Waals surface area contributed by atoms with Gasteiger partial charge in [-0.05, 0) is 61.8 Å². The van der Waals surface area contributed by atoms with Gasteiger partial charge in [-0.2, -0.15) is 0 Å². The van der Waals surface area contributed by atoms with Crippen LogP contribution >= 0.6 is 0 Å². The number of fused-ring (bicyclic) bond motifs is 1. The molecule has 0 saturated carbocycles. The second kappa shape index (κ2) is 7.31. The molecule has 0 radical (unpaired) electrons. The Labute approximate surface area is 147 Å². The van der Waals surface area contributed by atoms with Crippen LogP contribution in [0.1, 0.15) is 64.7 Å². The van der Waals surface area contributed by atoms with E-state index in [0.29, 0.717) is 6.54 Å². The number of benzene rings is 1. The molecule has 1 saturated heterocycles. The molecule has 1 amide bonds. The lowest BCUT2D eigenvalue weighted by Gasteiger charge is -2.21. The highest BCUT2D eigenvalue weighted by Crippen LogP contribution is 2.25. The van der Waals surface area contributed by atoms with E-state index in [4.69, 9.17) is 4.74 Å². The van der Waals surface area contributed by atoms with E-state index in [0.717, 1.165) is 55.7 Å². The smallest absolute Gasteiger partial charge is 0.251 e. The summed E-state index contributed by atoms with van der Waals surface area (Å²) in [5.41, 5.74) is 4.32. The van der Waals surface area contributed by atoms with Crippen LogP contribution in [-0.2, 0) is 24.1 Å². The molecule has 1 aliphatic heterocycles. The minimum atomic E-state index is -0.0469. The number of rotatable bonds is 4. The Bertz CT molecular complexity index is 752. The van der Waals surface area contributed by atoms with E-state index in [1.54, 1.807) is 12.4 Å². The van der Waals surface area contributed by atoms with Crippen molar-refractivity contribution in [3.8, 4) is 0 Å². The molecule has 1 unspecified atom stereocenters. The minimum Gasteiger partial charge on any atom is -0.370 e. The van der Waals surface area contributed by atoms with E-state index in [2.05, 4.69) is 21.4 Å². The van der Waals surface area contributed by atoms with Gasteiger partial charge in [0.15, 0.2) is 5.82 Å². The Kier molecular flexibility index (Phi) is 4.74. The Morgan fingerprint density at radius 3 is 2.76 bits per heavy atom. The molecule has 1 aromatic carbocycles. The zero-order valence-corrected chi connectivity index (χ0v) is 14.3. The molecule has 25 heavy (non-hydrogen) atoms. The van der Waals surface area contributed by atoms with Crippen molar-refractivity contribution in [3.63, 3.8) is 0 Å². The van der Waals surface area contributed by atoms with Crippen molar-refractivity contribution in [3.05, 3.63) is 58.7 Å². The van der Waals surface area contributed by atoms with Gasteiger partial charge in [0.1, 0.15) is 6.10 Å². The zero-order chi connectivity index (χ0) is 17.1. The van der Waals surface area contributed by atoms with Gasteiger partial charge in [-0.25, -0.2) is 9.97 Å². The van der Waals surface area contributed by atoms with E-state index in [-0.39, 0.29) is 12.0 Å². The summed E-state index contributed by atoms with van der Waals surface area (Å²) < 4.78 is 5.70. The van der Waals surface area contributed by atoms with Gasteiger partial charge in [-0.15, -0.1) is 0 Å². The first-order valence-corrected chi connectivity index (χ1v) is 9.12. The summed E-state index contributed by atoms with van der Waals surface area (Å²) in [7, 11) is 0. The molecule has 1 aromatic heterocycles. The molecule has 5 heteroatoms. The van der Waals surface area contributed by atoms with Gasteiger partial charge in [0.2, 0.25) is 0 Å². The van der Waals surface area contributed by atoms with Crippen LogP contribution < -0.4 is 5.32 Å². The average Bonchev–Trinajstić information content (AvgIpc) is 3.15. The molecular weight excluding hydrogens is 314 g/mol. The number of carbonyl (C=O) groups excluding carboxylic acids is 1. The summed E-state index contributed by atoms with van der Waals surface area (Å²) in [6.45, 7) is 1.22. The van der Waals surface area contributed by atoms with Crippen molar-refractivity contribution in [1.29, 1.82) is 0 Å². The third-order valence-corrected chi connectivity index (χ3v) is 5.01. The molecule has 1 aliphatic carbocycles. The maximum absolute atomic E-state index is 12.4. The number of hydrogen-bond acceptors (Lipinski definition) is 4. The highest BCUT2D eigenvalue weighted by atomic mass is 16.5. The lowest BCUT2D eigenvalue weighted by molar-refractivity contribution is 0.00940. The van der Waals surface area contributed by atoms with Crippen LogP contribution in [0.5, 0.6) is 0 Å². The van der Waals surface area contributed by atoms with Crippen molar-refractivity contribution in [1.82, 2.24) is 15.3 Å². The maximum atomic E-state index is 12.4. The molecule has 2 heterocycles. The van der Waals surface area contributed by atoms with Gasteiger partial charge in [0.05, 0.1) is 0 Å². The molecule has 4 rings (SSSR count). The fraction of sp³-hybridized carbons (Fsp3) is 0.450. The first-order valence-electron chi connectivity index (χ1n) is 9.12. The van der Waals surface area contributed by atoms with Gasteiger partial charge in [-0.1, -0.05) is 6.07 Å². The van der Waals surface area contributed by atoms with Gasteiger partial charge in [-0.3, -0.25) is 4.79 Å². The van der Waals surface area contributed by atoms with Crippen molar-refractivity contribution in [2.24, 2.45) is 0 Å². The van der Waals surface area contributed by atoms with Gasteiger partial charge < -0.3 is 10.1 Å². The van der Waals surface area contributed by atoms with Crippen LogP contribution in [0.3, 0.4) is 0 Å². The lowest BCUT2D eigenvalue weighted by atomic mass is 10.1. The quantitative estimate of drug-likeness (QED) is 0.931. The Morgan fingerprint density at radius 1 is 1.12 bits per heavy atom. The zero-order valence-electron chi connectivity index (χ0n) is 14.3. The fourth-order valence-electron chi connectivity index (χ4n) is 3.56. The monoisotopic (exact) mass is 337 g/mol. The van der Waals surface area contributed by atoms with Crippen molar-refractivity contribution in [2.75, 3.05) is 6.61 Å². The second-order valence-electron chi connectivity index (χ2n) is 6.82. The number of ether oxygens (including phenoxy) is 1. The van der Waals surface area contributed by atoms with Crippen molar-refractivity contribution in [2.45, 2.75) is 51.2 Å². The molecule has 0 bridgehead atoms. The molecule has 1 atom stereocenters. The molecule has 5 nitrogen and oxygen atoms in total. The van der Waals surface area contributed by atoms with E-state index >= 15 is 0 Å². The van der Waals surface area contributed by atoms with Crippen molar-refractivity contribution >= 4 is 5.91 Å². The molecule has 2 aliphatic rings. The largest absolute Gasteiger partial charge is 0.370 e. The highest BCUT2D eigenvalue weighted by molar-refractivity contribution is 5.94. The number of hydrogen-bond donors (Lipinski definition) is 1. The number of aromatic nitrogens is 2. The van der Waals surface area contributed by atoms with Crippen LogP contribution in [-0.4, -0.2) is 22.5 Å². The maximum Gasteiger partial charge on any atom is 0.251 e. The van der Waals surface area contributed by atoms with E-state index in [9.17, 15) is 4.79 Å². The predicted molar refractivity (Wildman–Crippen MR) is 94.2 cm³/mol. The third-order valence-electron chi connectivity index (χ3n) is 5.01. The standard InChI is InChI=1S/C20H23N3O2/c24-20(17-8-7-15-4-3-5-16(15)10-17)23-13-14-11-21-19(22-12-14)18-6-1-2-9-25-18/h7-8,10-12,18H,1-6,9,13H2,(H,23,24). The topological polar surface area (TPSA) is 64.1 Å². The predicted octanol–water partition coefficient (Wildman–Crippen LogP) is 3.14. The third kappa shape index (κ3) is 3.71. The molecule has 0 spiro atoms. The summed E-state index contributed by atoms with van der Waals surface area (Å²) in [5.74, 6) is 0.697. The van der Waals surface area contributed by atoms with Gasteiger partial charge in [0.25, 0.3) is 5.91 Å². The average molecular weight is 337 g/mol. The summed E-state index contributed by atoms with van der Waals surface area (Å²) in [6, 6.07) is 6.02. The molecule has 1 fully saturated rings. The number of aryl methyl sites for hydroxylation is 2. The van der Waals surface area contributed by atoms with Crippen molar-refractivity contribution < 1.29 is 9.53 Å². The SMILES string of the molecule is O=C(NCc1cnc(C2CCCCO2)nc1)c1ccc2c(c1)CCC2. The van der Waals surface area contributed by atoms with Crippen LogP contribution in [0.15, 0.2) is 30.6 Å². The van der Waals surface area contributed by atoms with Gasteiger partial charge >= 0.3 is 0 Å². The first kappa shape index (κ1) is 16.2. The molecule has 1 N–H and O–H groups in total. The summed E-state index contributed by atoms with van der Waals surface area (Å²) in [4.78, 5) is 21.2. The Balaban J connectivity index is 1.35. The molecular formula is C20H23N3O2. The second-order valence-corrected chi connectivity index (χ2v) is 6.82. The van der Waals surface area contributed by atoms with Crippen LogP contribution in [0.25, 0.3) is 0 Å². The molecule has 130 valence electrons. The Hall–Kier alpha value is -2.27. The van der Waals surface area contributed by atoms with Gasteiger partial charge in [0, 0.05) is 36.7 Å². The normalized spacial score (nSPS) is 19.4. The Morgan fingerprint density at radius 2 is 1.96 bits per heavy atom. The number of nitrogens with zero attached hydrogens (tertiary/aromatic N) is 2. The summed E-state index contributed by atoms with van der Waals surface area (Å²) in [5, 5.41) is 2.96. The highest BCUT2D eigenvalue weighted by Gasteiger charge is 2.18. The fourth-order valence-corrected chi connectivity index (χ4v) is 3.56. The number of nitrogens with one attached hydrogen (secondary N) is 1. The first-order chi connectivity index (χ1) is 12.3. The minimum absolute atomic E-state index is 0.0174. The van der Waals surface area contributed by atoms with E-state index < -0.39 is 0 Å². The summed E-state index contributed by atoms with van der Waals surface area (Å²) >= 11 is 0. The molecule has 2 aromatic rings. The number of amides is 1. The number of carbonyl (C=O) groups is 1. The van der Waals surface area contributed by atoms with Crippen LogP contribution in [0.4, 0.5) is 0 Å².